The molecule has 1 aromatic rings. The van der Waals surface area contributed by atoms with Gasteiger partial charge in [-0.3, -0.25) is 4.90 Å². The number of nitrogens with zero attached hydrogens (tertiary/aromatic N) is 2. The molecule has 142 valence electrons. The molecule has 2 atom stereocenters. The molecule has 0 aliphatic carbocycles. The van der Waals surface area contributed by atoms with Gasteiger partial charge in [0.25, 0.3) is 0 Å². The first-order valence-corrected chi connectivity index (χ1v) is 8.75. The zero-order valence-corrected chi connectivity index (χ0v) is 18.4. The van der Waals surface area contributed by atoms with Crippen molar-refractivity contribution in [1.82, 2.24) is 10.2 Å². The van der Waals surface area contributed by atoms with Crippen LogP contribution < -0.4 is 11.1 Å². The Morgan fingerprint density at radius 3 is 2.20 bits per heavy atom. The van der Waals surface area contributed by atoms with E-state index in [1.807, 2.05) is 0 Å². The quantitative estimate of drug-likeness (QED) is 0.412. The summed E-state index contributed by atoms with van der Waals surface area (Å²) >= 11 is 0. The van der Waals surface area contributed by atoms with Crippen LogP contribution in [0.3, 0.4) is 0 Å². The Bertz CT molecular complexity index is 544. The number of hydrogen-bond acceptors (Lipinski definition) is 3. The van der Waals surface area contributed by atoms with Gasteiger partial charge in [0.2, 0.25) is 0 Å². The lowest BCUT2D eigenvalue weighted by atomic mass is 10.1. The number of ether oxygens (including phenoxy) is 1. The van der Waals surface area contributed by atoms with Gasteiger partial charge in [-0.1, -0.05) is 24.3 Å². The van der Waals surface area contributed by atoms with E-state index in [0.717, 1.165) is 19.6 Å². The maximum Gasteiger partial charge on any atom is 0.189 e. The highest BCUT2D eigenvalue weighted by molar-refractivity contribution is 14.0. The van der Waals surface area contributed by atoms with Gasteiger partial charge in [0, 0.05) is 25.2 Å². The number of rotatable bonds is 4. The second kappa shape index (κ2) is 9.73. The van der Waals surface area contributed by atoms with Crippen molar-refractivity contribution in [3.63, 3.8) is 0 Å². The van der Waals surface area contributed by atoms with Crippen LogP contribution in [0.4, 0.5) is 0 Å². The lowest BCUT2D eigenvalue weighted by molar-refractivity contribution is -0.0704. The van der Waals surface area contributed by atoms with Crippen molar-refractivity contribution < 1.29 is 4.74 Å². The Morgan fingerprint density at radius 1 is 1.16 bits per heavy atom. The lowest BCUT2D eigenvalue weighted by Gasteiger charge is -2.35. The Morgan fingerprint density at radius 2 is 1.68 bits per heavy atom. The smallest absolute Gasteiger partial charge is 0.189 e. The van der Waals surface area contributed by atoms with E-state index < -0.39 is 0 Å². The molecule has 3 N–H and O–H groups in total. The second-order valence-electron chi connectivity index (χ2n) is 7.84. The van der Waals surface area contributed by atoms with E-state index in [1.165, 1.54) is 11.1 Å². The number of halogens is 1. The highest BCUT2D eigenvalue weighted by Crippen LogP contribution is 2.15. The minimum absolute atomic E-state index is 0. The summed E-state index contributed by atoms with van der Waals surface area (Å²) in [5.74, 6) is 0.489. The van der Waals surface area contributed by atoms with E-state index in [9.17, 15) is 0 Å². The Balaban J connectivity index is 0.00000312. The molecule has 1 aliphatic heterocycles. The van der Waals surface area contributed by atoms with Crippen LogP contribution in [-0.4, -0.2) is 41.7 Å². The van der Waals surface area contributed by atoms with Gasteiger partial charge in [0.15, 0.2) is 5.96 Å². The van der Waals surface area contributed by atoms with Crippen molar-refractivity contribution in [2.24, 2.45) is 10.7 Å². The second-order valence-corrected chi connectivity index (χ2v) is 7.84. The third-order valence-electron chi connectivity index (χ3n) is 3.86. The first-order valence-electron chi connectivity index (χ1n) is 8.75. The van der Waals surface area contributed by atoms with Crippen molar-refractivity contribution in [3.05, 3.63) is 35.4 Å². The topological polar surface area (TPSA) is 62.9 Å². The first kappa shape index (κ1) is 22.2. The third kappa shape index (κ3) is 8.37. The summed E-state index contributed by atoms with van der Waals surface area (Å²) in [4.78, 5) is 6.86. The molecule has 0 saturated carbocycles. The zero-order chi connectivity index (χ0) is 17.7. The van der Waals surface area contributed by atoms with E-state index in [2.05, 4.69) is 74.1 Å². The fourth-order valence-corrected chi connectivity index (χ4v) is 3.02. The van der Waals surface area contributed by atoms with Crippen molar-refractivity contribution in [2.45, 2.75) is 65.5 Å². The molecule has 2 unspecified atom stereocenters. The van der Waals surface area contributed by atoms with Gasteiger partial charge in [-0.2, -0.15) is 0 Å². The predicted molar refractivity (Wildman–Crippen MR) is 115 cm³/mol. The van der Waals surface area contributed by atoms with Gasteiger partial charge in [-0.05, 0) is 45.7 Å². The molecule has 1 aliphatic rings. The number of guanidine groups is 1. The number of nitrogens with one attached hydrogen (secondary N) is 1. The van der Waals surface area contributed by atoms with Gasteiger partial charge >= 0.3 is 0 Å². The fourth-order valence-electron chi connectivity index (χ4n) is 3.02. The van der Waals surface area contributed by atoms with E-state index in [0.29, 0.717) is 24.7 Å². The SMILES string of the molecule is CC1CN(Cc2ccc(CN=C(N)NC(C)(C)C)cc2)CC(C)O1.I. The van der Waals surface area contributed by atoms with Crippen molar-refractivity contribution >= 4 is 29.9 Å². The van der Waals surface area contributed by atoms with Crippen LogP contribution in [0.5, 0.6) is 0 Å². The molecule has 0 spiro atoms. The number of benzene rings is 1. The van der Waals surface area contributed by atoms with Crippen LogP contribution in [0.15, 0.2) is 29.3 Å². The van der Waals surface area contributed by atoms with Gasteiger partial charge in [0.1, 0.15) is 0 Å². The maximum atomic E-state index is 5.91. The van der Waals surface area contributed by atoms with Crippen molar-refractivity contribution in [3.8, 4) is 0 Å². The van der Waals surface area contributed by atoms with E-state index in [1.54, 1.807) is 0 Å². The molecule has 1 heterocycles. The van der Waals surface area contributed by atoms with Gasteiger partial charge in [0.05, 0.1) is 18.8 Å². The van der Waals surface area contributed by atoms with E-state index >= 15 is 0 Å². The average molecular weight is 460 g/mol. The Kier molecular flexibility index (Phi) is 8.63. The Labute approximate surface area is 169 Å². The van der Waals surface area contributed by atoms with Crippen LogP contribution in [0, 0.1) is 0 Å². The molecule has 1 saturated heterocycles. The monoisotopic (exact) mass is 460 g/mol. The minimum Gasteiger partial charge on any atom is -0.373 e. The summed E-state index contributed by atoms with van der Waals surface area (Å²) in [6.45, 7) is 14.0. The van der Waals surface area contributed by atoms with Crippen molar-refractivity contribution in [2.75, 3.05) is 13.1 Å². The molecule has 25 heavy (non-hydrogen) atoms. The van der Waals surface area contributed by atoms with E-state index in [-0.39, 0.29) is 29.5 Å². The molecule has 1 aromatic carbocycles. The zero-order valence-electron chi connectivity index (χ0n) is 16.1. The van der Waals surface area contributed by atoms with Crippen LogP contribution in [-0.2, 0) is 17.8 Å². The molecule has 0 aromatic heterocycles. The summed E-state index contributed by atoms with van der Waals surface area (Å²) in [5, 5.41) is 3.17. The molecule has 0 bridgehead atoms. The highest BCUT2D eigenvalue weighted by atomic mass is 127. The van der Waals surface area contributed by atoms with Crippen LogP contribution in [0.2, 0.25) is 0 Å². The van der Waals surface area contributed by atoms with Crippen LogP contribution >= 0.6 is 24.0 Å². The number of aliphatic imine (C=N–C) groups is 1. The first-order chi connectivity index (χ1) is 11.2. The number of hydrogen-bond donors (Lipinski definition) is 2. The molecule has 2 rings (SSSR count). The molecular formula is C19H33IN4O. The average Bonchev–Trinajstić information content (AvgIpc) is 2.43. The molecule has 0 amide bonds. The number of nitrogens with two attached hydrogens (primary N) is 1. The standard InChI is InChI=1S/C19H32N4O.HI/c1-14-11-23(12-15(2)24-14)13-17-8-6-16(7-9-17)10-21-18(20)22-19(3,4)5;/h6-9,14-15H,10-13H2,1-5H3,(H3,20,21,22);1H. The third-order valence-corrected chi connectivity index (χ3v) is 3.86. The molecule has 5 nitrogen and oxygen atoms in total. The predicted octanol–water partition coefficient (Wildman–Crippen LogP) is 3.12. The summed E-state index contributed by atoms with van der Waals surface area (Å²) in [5.41, 5.74) is 8.33. The lowest BCUT2D eigenvalue weighted by Crippen LogP contribution is -2.45. The highest BCUT2D eigenvalue weighted by Gasteiger charge is 2.21. The van der Waals surface area contributed by atoms with Crippen LogP contribution in [0.1, 0.15) is 45.7 Å². The Hall–Kier alpha value is -0.860. The van der Waals surface area contributed by atoms with Crippen molar-refractivity contribution in [1.29, 1.82) is 0 Å². The summed E-state index contributed by atoms with van der Waals surface area (Å²) < 4.78 is 5.79. The van der Waals surface area contributed by atoms with Gasteiger partial charge in [-0.25, -0.2) is 4.99 Å². The number of morpholine rings is 1. The van der Waals surface area contributed by atoms with Crippen LogP contribution in [0.25, 0.3) is 0 Å². The maximum absolute atomic E-state index is 5.91. The minimum atomic E-state index is -0.0656. The summed E-state index contributed by atoms with van der Waals surface area (Å²) in [6.07, 6.45) is 0.612. The molecule has 6 heteroatoms. The summed E-state index contributed by atoms with van der Waals surface area (Å²) in [7, 11) is 0. The summed E-state index contributed by atoms with van der Waals surface area (Å²) in [6, 6.07) is 8.64. The largest absolute Gasteiger partial charge is 0.373 e. The molecule has 0 radical (unpaired) electrons. The fraction of sp³-hybridized carbons (Fsp3) is 0.632. The van der Waals surface area contributed by atoms with Gasteiger partial charge < -0.3 is 15.8 Å². The normalized spacial score (nSPS) is 22.4. The van der Waals surface area contributed by atoms with Gasteiger partial charge in [-0.15, -0.1) is 24.0 Å². The molecular weight excluding hydrogens is 427 g/mol. The van der Waals surface area contributed by atoms with E-state index in [4.69, 9.17) is 10.5 Å². The molecule has 1 fully saturated rings.